The van der Waals surface area contributed by atoms with E-state index >= 15 is 0 Å². The monoisotopic (exact) mass is 151 g/mol. The number of amides is 1. The van der Waals surface area contributed by atoms with Gasteiger partial charge in [0.15, 0.2) is 0 Å². The average Bonchev–Trinajstić information content (AvgIpc) is 2.07. The highest BCUT2D eigenvalue weighted by atomic mass is 16.3. The molecule has 1 aromatic heterocycles. The molecule has 0 fully saturated rings. The summed E-state index contributed by atoms with van der Waals surface area (Å²) in [7, 11) is 0. The van der Waals surface area contributed by atoms with Crippen LogP contribution in [0.1, 0.15) is 10.4 Å². The Balaban J connectivity index is 2.77. The number of carbonyl (C=O) groups is 1. The number of nitrogens with zero attached hydrogens (tertiary/aromatic N) is 2. The first-order valence-corrected chi connectivity index (χ1v) is 2.87. The Morgan fingerprint density at radius 1 is 1.64 bits per heavy atom. The van der Waals surface area contributed by atoms with E-state index in [2.05, 4.69) is 10.3 Å². The smallest absolute Gasteiger partial charge is 0.267 e. The predicted molar refractivity (Wildman–Crippen MR) is 37.5 cm³/mol. The van der Waals surface area contributed by atoms with Gasteiger partial charge in [-0.3, -0.25) is 9.78 Å². The van der Waals surface area contributed by atoms with Gasteiger partial charge in [0.25, 0.3) is 5.91 Å². The lowest BCUT2D eigenvalue weighted by molar-refractivity contribution is 0.0954. The topological polar surface area (TPSA) is 71.4 Å². The highest BCUT2D eigenvalue weighted by Crippen LogP contribution is 1.93. The van der Waals surface area contributed by atoms with Crippen molar-refractivity contribution >= 4 is 5.91 Å². The molecule has 0 aliphatic rings. The summed E-state index contributed by atoms with van der Waals surface area (Å²) in [4.78, 5) is 24.1. The molecule has 0 saturated carbocycles. The van der Waals surface area contributed by atoms with Crippen LogP contribution in [-0.4, -0.2) is 10.9 Å². The van der Waals surface area contributed by atoms with Gasteiger partial charge in [-0.2, -0.15) is 0 Å². The van der Waals surface area contributed by atoms with Gasteiger partial charge in [0.1, 0.15) is 0 Å². The molecule has 56 valence electrons. The van der Waals surface area contributed by atoms with E-state index in [0.29, 0.717) is 5.56 Å². The van der Waals surface area contributed by atoms with Gasteiger partial charge in [-0.1, -0.05) is 0 Å². The molecule has 1 aromatic rings. The molecule has 0 aromatic carbocycles. The molecule has 0 aliphatic carbocycles. The van der Waals surface area contributed by atoms with Gasteiger partial charge in [-0.25, -0.2) is 5.43 Å². The third-order valence-corrected chi connectivity index (χ3v) is 1.07. The van der Waals surface area contributed by atoms with Crippen LogP contribution >= 0.6 is 0 Å². The number of hydrogen-bond donors (Lipinski definition) is 1. The summed E-state index contributed by atoms with van der Waals surface area (Å²) in [5, 5.41) is 2.23. The van der Waals surface area contributed by atoms with E-state index in [4.69, 9.17) is 0 Å². The van der Waals surface area contributed by atoms with E-state index in [1.807, 2.05) is 0 Å². The van der Waals surface area contributed by atoms with E-state index < -0.39 is 5.91 Å². The molecule has 5 nitrogen and oxygen atoms in total. The zero-order valence-electron chi connectivity index (χ0n) is 5.52. The fourth-order valence-corrected chi connectivity index (χ4v) is 0.603. The molecule has 1 rings (SSSR count). The minimum Gasteiger partial charge on any atom is -0.267 e. The maximum Gasteiger partial charge on any atom is 0.275 e. The summed E-state index contributed by atoms with van der Waals surface area (Å²) in [5.74, 6) is -0.548. The van der Waals surface area contributed by atoms with E-state index in [1.165, 1.54) is 18.5 Å². The number of nitrogens with one attached hydrogen (secondary N) is 1. The van der Waals surface area contributed by atoms with Crippen LogP contribution in [0.4, 0.5) is 0 Å². The molecule has 1 amide bonds. The van der Waals surface area contributed by atoms with Crippen molar-refractivity contribution in [3.63, 3.8) is 0 Å². The maximum atomic E-state index is 10.8. The summed E-state index contributed by atoms with van der Waals surface area (Å²) in [6.45, 7) is 0. The third kappa shape index (κ3) is 1.82. The van der Waals surface area contributed by atoms with Gasteiger partial charge >= 0.3 is 0 Å². The molecule has 0 aliphatic heterocycles. The van der Waals surface area contributed by atoms with Gasteiger partial charge < -0.3 is 0 Å². The molecule has 0 spiro atoms. The molecule has 11 heavy (non-hydrogen) atoms. The first-order valence-electron chi connectivity index (χ1n) is 2.87. The minimum absolute atomic E-state index is 0.312. The Hall–Kier alpha value is -1.78. The molecule has 0 atom stereocenters. The van der Waals surface area contributed by atoms with Crippen LogP contribution in [0.3, 0.4) is 0 Å². The van der Waals surface area contributed by atoms with Crippen molar-refractivity contribution < 1.29 is 4.79 Å². The fraction of sp³-hybridized carbons (Fsp3) is 0. The number of hydrogen-bond acceptors (Lipinski definition) is 4. The van der Waals surface area contributed by atoms with Crippen LogP contribution in [-0.2, 0) is 0 Å². The van der Waals surface area contributed by atoms with Crippen LogP contribution in [0.15, 0.2) is 29.8 Å². The first kappa shape index (κ1) is 7.33. The lowest BCUT2D eigenvalue weighted by Crippen LogP contribution is -2.16. The van der Waals surface area contributed by atoms with Gasteiger partial charge in [-0.05, 0) is 12.1 Å². The second kappa shape index (κ2) is 3.40. The number of pyridine rings is 1. The Labute approximate surface area is 62.4 Å². The van der Waals surface area contributed by atoms with Crippen LogP contribution in [0, 0.1) is 4.91 Å². The van der Waals surface area contributed by atoms with E-state index in [-0.39, 0.29) is 0 Å². The maximum absolute atomic E-state index is 10.8. The van der Waals surface area contributed by atoms with Gasteiger partial charge in [0, 0.05) is 12.4 Å². The molecule has 0 radical (unpaired) electrons. The largest absolute Gasteiger partial charge is 0.275 e. The van der Waals surface area contributed by atoms with Crippen molar-refractivity contribution in [2.24, 2.45) is 5.29 Å². The molecular weight excluding hydrogens is 146 g/mol. The normalized spacial score (nSPS) is 8.73. The Bertz CT molecular complexity index is 260. The predicted octanol–water partition coefficient (Wildman–Crippen LogP) is 0.493. The minimum atomic E-state index is -0.548. The zero-order chi connectivity index (χ0) is 8.10. The summed E-state index contributed by atoms with van der Waals surface area (Å²) >= 11 is 0. The van der Waals surface area contributed by atoms with Crippen molar-refractivity contribution in [2.75, 3.05) is 0 Å². The molecule has 0 bridgehead atoms. The van der Waals surface area contributed by atoms with Crippen LogP contribution in [0.2, 0.25) is 0 Å². The summed E-state index contributed by atoms with van der Waals surface area (Å²) in [6, 6.07) is 3.13. The summed E-state index contributed by atoms with van der Waals surface area (Å²) < 4.78 is 0. The van der Waals surface area contributed by atoms with Crippen molar-refractivity contribution in [3.05, 3.63) is 35.0 Å². The Morgan fingerprint density at radius 3 is 3.00 bits per heavy atom. The number of nitroso groups, excluding NO2 is 1. The fourth-order valence-electron chi connectivity index (χ4n) is 0.603. The Kier molecular flexibility index (Phi) is 2.27. The molecule has 1 heterocycles. The molecule has 1 N–H and O–H groups in total. The Morgan fingerprint density at radius 2 is 2.45 bits per heavy atom. The second-order valence-electron chi connectivity index (χ2n) is 1.77. The van der Waals surface area contributed by atoms with Crippen molar-refractivity contribution in [3.8, 4) is 0 Å². The van der Waals surface area contributed by atoms with E-state index in [1.54, 1.807) is 11.5 Å². The first-order chi connectivity index (χ1) is 5.34. The van der Waals surface area contributed by atoms with Gasteiger partial charge in [0.2, 0.25) is 0 Å². The quantitative estimate of drug-likeness (QED) is 0.494. The van der Waals surface area contributed by atoms with Crippen LogP contribution in [0.25, 0.3) is 0 Å². The summed E-state index contributed by atoms with van der Waals surface area (Å²) in [6.07, 6.45) is 2.88. The number of carbonyl (C=O) groups excluding carboxylic acids is 1. The van der Waals surface area contributed by atoms with Crippen molar-refractivity contribution in [1.82, 2.24) is 10.4 Å². The van der Waals surface area contributed by atoms with E-state index in [0.717, 1.165) is 0 Å². The molecule has 0 unspecified atom stereocenters. The molecule has 5 heteroatoms. The van der Waals surface area contributed by atoms with Crippen molar-refractivity contribution in [2.45, 2.75) is 0 Å². The number of aromatic nitrogens is 1. The van der Waals surface area contributed by atoms with Crippen LogP contribution in [0.5, 0.6) is 0 Å². The lowest BCUT2D eigenvalue weighted by atomic mass is 10.3. The SMILES string of the molecule is O=NNC(=O)c1cccnc1. The molecule has 0 saturated heterocycles. The number of rotatable bonds is 2. The van der Waals surface area contributed by atoms with Gasteiger partial charge in [0.05, 0.1) is 10.8 Å². The second-order valence-corrected chi connectivity index (χ2v) is 1.77. The van der Waals surface area contributed by atoms with E-state index in [9.17, 15) is 9.70 Å². The van der Waals surface area contributed by atoms with Crippen molar-refractivity contribution in [1.29, 1.82) is 0 Å². The third-order valence-electron chi connectivity index (χ3n) is 1.07. The zero-order valence-corrected chi connectivity index (χ0v) is 5.52. The average molecular weight is 151 g/mol. The van der Waals surface area contributed by atoms with Crippen LogP contribution < -0.4 is 5.43 Å². The highest BCUT2D eigenvalue weighted by molar-refractivity contribution is 5.93. The lowest BCUT2D eigenvalue weighted by Gasteiger charge is -1.93. The molecular formula is C6H5N3O2. The standard InChI is InChI=1S/C6H5N3O2/c10-6(8-9-11)5-2-1-3-7-4-5/h1-4H,(H,8,10,11). The highest BCUT2D eigenvalue weighted by Gasteiger charge is 2.02. The summed E-state index contributed by atoms with van der Waals surface area (Å²) in [5.41, 5.74) is 2.06. The van der Waals surface area contributed by atoms with Gasteiger partial charge in [-0.15, -0.1) is 4.91 Å².